The fraction of sp³-hybridized carbons (Fsp3) is 0.600. The molecular weight excluding hydrogens is 194 g/mol. The Morgan fingerprint density at radius 2 is 2.27 bits per heavy atom. The molecule has 82 valence electrons. The maximum absolute atomic E-state index is 11.0. The van der Waals surface area contributed by atoms with E-state index in [1.807, 2.05) is 13.8 Å². The average Bonchev–Trinajstić information content (AvgIpc) is 2.42. The lowest BCUT2D eigenvalue weighted by Crippen LogP contribution is -2.53. The van der Waals surface area contributed by atoms with Gasteiger partial charge in [0.05, 0.1) is 5.69 Å². The van der Waals surface area contributed by atoms with Gasteiger partial charge in [-0.05, 0) is 20.3 Å². The van der Waals surface area contributed by atoms with Crippen molar-refractivity contribution in [2.75, 3.05) is 0 Å². The molecule has 0 aliphatic carbocycles. The zero-order chi connectivity index (χ0) is 11.2. The van der Waals surface area contributed by atoms with Gasteiger partial charge in [0.2, 0.25) is 0 Å². The SMILES string of the molecule is Cc1nc(C)n2c1CC(N)(C(=O)O)CC2. The van der Waals surface area contributed by atoms with Crippen LogP contribution in [0.15, 0.2) is 0 Å². The Hall–Kier alpha value is -1.36. The van der Waals surface area contributed by atoms with Crippen molar-refractivity contribution in [3.63, 3.8) is 0 Å². The number of imidazole rings is 1. The molecular formula is C10H15N3O2. The maximum Gasteiger partial charge on any atom is 0.324 e. The van der Waals surface area contributed by atoms with Crippen LogP contribution in [0.1, 0.15) is 23.6 Å². The number of nitrogens with two attached hydrogens (primary N) is 1. The molecule has 2 heterocycles. The lowest BCUT2D eigenvalue weighted by Gasteiger charge is -2.30. The second-order valence-corrected chi connectivity index (χ2v) is 4.23. The molecule has 0 saturated heterocycles. The van der Waals surface area contributed by atoms with Gasteiger partial charge in [-0.25, -0.2) is 4.98 Å². The van der Waals surface area contributed by atoms with Crippen LogP contribution in [0.3, 0.4) is 0 Å². The fourth-order valence-corrected chi connectivity index (χ4v) is 2.16. The summed E-state index contributed by atoms with van der Waals surface area (Å²) in [5.41, 5.74) is 6.59. The van der Waals surface area contributed by atoms with Crippen LogP contribution in [0.4, 0.5) is 0 Å². The summed E-state index contributed by atoms with van der Waals surface area (Å²) in [4.78, 5) is 15.4. The Labute approximate surface area is 87.9 Å². The van der Waals surface area contributed by atoms with E-state index in [-0.39, 0.29) is 0 Å². The lowest BCUT2D eigenvalue weighted by molar-refractivity contribution is -0.144. The summed E-state index contributed by atoms with van der Waals surface area (Å²) in [5, 5.41) is 9.07. The largest absolute Gasteiger partial charge is 0.480 e. The van der Waals surface area contributed by atoms with E-state index in [0.717, 1.165) is 17.2 Å². The minimum absolute atomic E-state index is 0.370. The van der Waals surface area contributed by atoms with E-state index < -0.39 is 11.5 Å². The fourth-order valence-electron chi connectivity index (χ4n) is 2.16. The van der Waals surface area contributed by atoms with E-state index in [2.05, 4.69) is 9.55 Å². The van der Waals surface area contributed by atoms with Crippen molar-refractivity contribution in [1.82, 2.24) is 9.55 Å². The molecule has 0 amide bonds. The third kappa shape index (κ3) is 1.43. The molecule has 3 N–H and O–H groups in total. The molecule has 0 bridgehead atoms. The van der Waals surface area contributed by atoms with Gasteiger partial charge in [-0.3, -0.25) is 4.79 Å². The third-order valence-electron chi connectivity index (χ3n) is 3.15. The molecule has 0 fully saturated rings. The van der Waals surface area contributed by atoms with Gasteiger partial charge in [0.25, 0.3) is 0 Å². The Balaban J connectivity index is 2.42. The Morgan fingerprint density at radius 3 is 2.87 bits per heavy atom. The highest BCUT2D eigenvalue weighted by Gasteiger charge is 2.39. The van der Waals surface area contributed by atoms with Gasteiger partial charge in [-0.1, -0.05) is 0 Å². The molecule has 1 aromatic rings. The molecule has 2 rings (SSSR count). The molecule has 15 heavy (non-hydrogen) atoms. The molecule has 5 nitrogen and oxygen atoms in total. The predicted molar refractivity (Wildman–Crippen MR) is 54.6 cm³/mol. The van der Waals surface area contributed by atoms with Crippen LogP contribution in [-0.4, -0.2) is 26.2 Å². The summed E-state index contributed by atoms with van der Waals surface area (Å²) in [6.07, 6.45) is 0.834. The van der Waals surface area contributed by atoms with Gasteiger partial charge in [-0.15, -0.1) is 0 Å². The molecule has 1 unspecified atom stereocenters. The molecule has 0 aromatic carbocycles. The van der Waals surface area contributed by atoms with Crippen molar-refractivity contribution in [2.45, 2.75) is 38.8 Å². The van der Waals surface area contributed by atoms with Crippen molar-refractivity contribution >= 4 is 5.97 Å². The Bertz CT molecular complexity index is 425. The topological polar surface area (TPSA) is 81.1 Å². The summed E-state index contributed by atoms with van der Waals surface area (Å²) >= 11 is 0. The zero-order valence-electron chi connectivity index (χ0n) is 8.95. The number of hydrogen-bond acceptors (Lipinski definition) is 3. The summed E-state index contributed by atoms with van der Waals surface area (Å²) < 4.78 is 2.06. The number of carboxylic acid groups (broad SMARTS) is 1. The van der Waals surface area contributed by atoms with Crippen LogP contribution < -0.4 is 5.73 Å². The van der Waals surface area contributed by atoms with Crippen LogP contribution in [0, 0.1) is 13.8 Å². The molecule has 1 aliphatic heterocycles. The summed E-state index contributed by atoms with van der Waals surface area (Å²) in [5.74, 6) is 0.0157. The van der Waals surface area contributed by atoms with E-state index in [4.69, 9.17) is 10.8 Å². The highest BCUT2D eigenvalue weighted by atomic mass is 16.4. The quantitative estimate of drug-likeness (QED) is 0.693. The zero-order valence-corrected chi connectivity index (χ0v) is 8.95. The number of aromatic nitrogens is 2. The maximum atomic E-state index is 11.0. The van der Waals surface area contributed by atoms with Gasteiger partial charge in [-0.2, -0.15) is 0 Å². The monoisotopic (exact) mass is 209 g/mol. The number of rotatable bonds is 1. The molecule has 5 heteroatoms. The first-order valence-corrected chi connectivity index (χ1v) is 4.99. The molecule has 1 aromatic heterocycles. The van der Waals surface area contributed by atoms with E-state index in [9.17, 15) is 4.79 Å². The van der Waals surface area contributed by atoms with Gasteiger partial charge in [0.1, 0.15) is 11.4 Å². The number of aliphatic carboxylic acids is 1. The number of hydrogen-bond donors (Lipinski definition) is 2. The Morgan fingerprint density at radius 1 is 1.60 bits per heavy atom. The predicted octanol–water partition coefficient (Wildman–Crippen LogP) is 0.228. The van der Waals surface area contributed by atoms with Crippen molar-refractivity contribution in [3.8, 4) is 0 Å². The molecule has 1 atom stereocenters. The standard InChI is InChI=1S/C10H15N3O2/c1-6-8-5-10(11,9(14)15)3-4-13(8)7(2)12-6/h3-5,11H2,1-2H3,(H,14,15). The van der Waals surface area contributed by atoms with E-state index >= 15 is 0 Å². The number of carboxylic acids is 1. The van der Waals surface area contributed by atoms with Crippen molar-refractivity contribution in [3.05, 3.63) is 17.2 Å². The van der Waals surface area contributed by atoms with Crippen LogP contribution in [-0.2, 0) is 17.8 Å². The summed E-state index contributed by atoms with van der Waals surface area (Å²) in [7, 11) is 0. The van der Waals surface area contributed by atoms with Crippen molar-refractivity contribution in [2.24, 2.45) is 5.73 Å². The first-order valence-electron chi connectivity index (χ1n) is 4.99. The first kappa shape index (κ1) is 10.2. The van der Waals surface area contributed by atoms with Gasteiger partial charge in [0, 0.05) is 18.7 Å². The second kappa shape index (κ2) is 3.06. The number of carbonyl (C=O) groups is 1. The molecule has 0 radical (unpaired) electrons. The van der Waals surface area contributed by atoms with Gasteiger partial charge in [0.15, 0.2) is 0 Å². The number of fused-ring (bicyclic) bond motifs is 1. The minimum atomic E-state index is -1.12. The van der Waals surface area contributed by atoms with Crippen molar-refractivity contribution in [1.29, 1.82) is 0 Å². The van der Waals surface area contributed by atoms with Gasteiger partial charge >= 0.3 is 5.97 Å². The minimum Gasteiger partial charge on any atom is -0.480 e. The second-order valence-electron chi connectivity index (χ2n) is 4.23. The van der Waals surface area contributed by atoms with E-state index in [1.165, 1.54) is 0 Å². The number of nitrogens with zero attached hydrogens (tertiary/aromatic N) is 2. The Kier molecular flexibility index (Phi) is 2.08. The average molecular weight is 209 g/mol. The van der Waals surface area contributed by atoms with Crippen LogP contribution in [0.5, 0.6) is 0 Å². The van der Waals surface area contributed by atoms with Crippen LogP contribution >= 0.6 is 0 Å². The normalized spacial score (nSPS) is 25.0. The summed E-state index contributed by atoms with van der Waals surface area (Å²) in [6, 6.07) is 0. The molecule has 1 aliphatic rings. The lowest BCUT2D eigenvalue weighted by atomic mass is 9.87. The highest BCUT2D eigenvalue weighted by Crippen LogP contribution is 2.26. The van der Waals surface area contributed by atoms with E-state index in [0.29, 0.717) is 19.4 Å². The van der Waals surface area contributed by atoms with Gasteiger partial charge < -0.3 is 15.4 Å². The van der Waals surface area contributed by atoms with Crippen LogP contribution in [0.25, 0.3) is 0 Å². The smallest absolute Gasteiger partial charge is 0.324 e. The summed E-state index contributed by atoms with van der Waals surface area (Å²) in [6.45, 7) is 4.47. The van der Waals surface area contributed by atoms with Crippen molar-refractivity contribution < 1.29 is 9.90 Å². The molecule has 0 saturated carbocycles. The van der Waals surface area contributed by atoms with Crippen LogP contribution in [0.2, 0.25) is 0 Å². The number of aryl methyl sites for hydroxylation is 2. The highest BCUT2D eigenvalue weighted by molar-refractivity contribution is 5.79. The van der Waals surface area contributed by atoms with E-state index in [1.54, 1.807) is 0 Å². The third-order valence-corrected chi connectivity index (χ3v) is 3.15. The molecule has 0 spiro atoms. The first-order chi connectivity index (χ1) is 6.94.